The van der Waals surface area contributed by atoms with E-state index in [1.165, 1.54) is 0 Å². The fourth-order valence-electron chi connectivity index (χ4n) is 1.25. The van der Waals surface area contributed by atoms with E-state index < -0.39 is 11.9 Å². The number of nitrogens with two attached hydrogens (primary N) is 1. The maximum absolute atomic E-state index is 11.6. The molecule has 0 aliphatic heterocycles. The summed E-state index contributed by atoms with van der Waals surface area (Å²) < 4.78 is 0. The Morgan fingerprint density at radius 3 is 2.59 bits per heavy atom. The smallest absolute Gasteiger partial charge is 0.238 e. The number of carbonyl (C=O) groups excluding carboxylic acids is 2. The van der Waals surface area contributed by atoms with Crippen molar-refractivity contribution < 1.29 is 9.59 Å². The van der Waals surface area contributed by atoms with Gasteiger partial charge >= 0.3 is 0 Å². The van der Waals surface area contributed by atoms with Crippen LogP contribution in [0.4, 0.5) is 5.69 Å². The summed E-state index contributed by atoms with van der Waals surface area (Å²) in [6.07, 6.45) is 0. The Morgan fingerprint density at radius 1 is 1.35 bits per heavy atom. The number of nitrogens with one attached hydrogen (secondary N) is 2. The summed E-state index contributed by atoms with van der Waals surface area (Å²) in [6.45, 7) is 3.58. The van der Waals surface area contributed by atoms with Gasteiger partial charge in [0.05, 0.1) is 12.6 Å². The Kier molecular flexibility index (Phi) is 4.66. The van der Waals surface area contributed by atoms with Crippen molar-refractivity contribution in [3.8, 4) is 0 Å². The zero-order valence-corrected chi connectivity index (χ0v) is 9.99. The summed E-state index contributed by atoms with van der Waals surface area (Å²) in [5.74, 6) is -0.680. The molecule has 0 radical (unpaired) electrons. The van der Waals surface area contributed by atoms with Crippen LogP contribution in [-0.2, 0) is 9.59 Å². The first kappa shape index (κ1) is 13.2. The van der Waals surface area contributed by atoms with E-state index >= 15 is 0 Å². The molecule has 2 amide bonds. The normalized spacial score (nSPS) is 11.9. The number of anilines is 1. The van der Waals surface area contributed by atoms with Gasteiger partial charge in [0.1, 0.15) is 0 Å². The van der Waals surface area contributed by atoms with E-state index in [1.807, 2.05) is 31.2 Å². The number of rotatable bonds is 5. The predicted octanol–water partition coefficient (Wildman–Crippen LogP) is 0.397. The molecule has 0 saturated carbocycles. The molecule has 0 bridgehead atoms. The van der Waals surface area contributed by atoms with Crippen LogP contribution < -0.4 is 16.4 Å². The van der Waals surface area contributed by atoms with Crippen LogP contribution in [0, 0.1) is 6.92 Å². The van der Waals surface area contributed by atoms with E-state index in [1.54, 1.807) is 6.92 Å². The molecule has 92 valence electrons. The van der Waals surface area contributed by atoms with Crippen molar-refractivity contribution in [3.05, 3.63) is 29.8 Å². The van der Waals surface area contributed by atoms with Crippen LogP contribution >= 0.6 is 0 Å². The minimum absolute atomic E-state index is 0.0540. The summed E-state index contributed by atoms with van der Waals surface area (Å²) in [6, 6.07) is 6.97. The largest absolute Gasteiger partial charge is 0.368 e. The third-order valence-corrected chi connectivity index (χ3v) is 2.41. The Morgan fingerprint density at radius 2 is 2.00 bits per heavy atom. The number of para-hydroxylation sites is 1. The number of benzene rings is 1. The van der Waals surface area contributed by atoms with Crippen molar-refractivity contribution in [2.45, 2.75) is 19.9 Å². The van der Waals surface area contributed by atoms with Crippen molar-refractivity contribution in [3.63, 3.8) is 0 Å². The van der Waals surface area contributed by atoms with E-state index in [0.29, 0.717) is 0 Å². The fraction of sp³-hybridized carbons (Fsp3) is 0.333. The molecule has 0 aliphatic carbocycles. The van der Waals surface area contributed by atoms with Gasteiger partial charge in [-0.15, -0.1) is 0 Å². The monoisotopic (exact) mass is 235 g/mol. The first-order valence-corrected chi connectivity index (χ1v) is 5.39. The standard InChI is InChI=1S/C12H17N3O2/c1-8-5-3-4-6-10(8)15-11(16)7-14-9(2)12(13)17/h3-6,9,14H,7H2,1-2H3,(H2,13,17)(H,15,16). The van der Waals surface area contributed by atoms with E-state index in [0.717, 1.165) is 11.3 Å². The summed E-state index contributed by atoms with van der Waals surface area (Å²) >= 11 is 0. The molecule has 1 atom stereocenters. The van der Waals surface area contributed by atoms with Crippen LogP contribution in [0.2, 0.25) is 0 Å². The number of hydrogen-bond acceptors (Lipinski definition) is 3. The van der Waals surface area contributed by atoms with Crippen LogP contribution in [0.3, 0.4) is 0 Å². The molecule has 0 heterocycles. The Labute approximate surface area is 100 Å². The van der Waals surface area contributed by atoms with Gasteiger partial charge in [-0.05, 0) is 25.5 Å². The van der Waals surface area contributed by atoms with Gasteiger partial charge < -0.3 is 11.1 Å². The van der Waals surface area contributed by atoms with E-state index in [4.69, 9.17) is 5.73 Å². The first-order valence-electron chi connectivity index (χ1n) is 5.39. The van der Waals surface area contributed by atoms with E-state index in [2.05, 4.69) is 10.6 Å². The average molecular weight is 235 g/mol. The zero-order chi connectivity index (χ0) is 12.8. The van der Waals surface area contributed by atoms with Gasteiger partial charge in [-0.2, -0.15) is 0 Å². The van der Waals surface area contributed by atoms with Gasteiger partial charge in [0.2, 0.25) is 11.8 Å². The summed E-state index contributed by atoms with van der Waals surface area (Å²) in [5, 5.41) is 5.49. The molecule has 5 heteroatoms. The predicted molar refractivity (Wildman–Crippen MR) is 66.5 cm³/mol. The molecule has 0 saturated heterocycles. The van der Waals surface area contributed by atoms with Crippen LogP contribution in [0.1, 0.15) is 12.5 Å². The SMILES string of the molecule is Cc1ccccc1NC(=O)CNC(C)C(N)=O. The molecular weight excluding hydrogens is 218 g/mol. The highest BCUT2D eigenvalue weighted by molar-refractivity contribution is 5.93. The Balaban J connectivity index is 2.46. The molecule has 1 aromatic carbocycles. The minimum Gasteiger partial charge on any atom is -0.368 e. The van der Waals surface area contributed by atoms with Crippen LogP contribution in [0.15, 0.2) is 24.3 Å². The van der Waals surface area contributed by atoms with Gasteiger partial charge in [-0.3, -0.25) is 14.9 Å². The lowest BCUT2D eigenvalue weighted by molar-refractivity contribution is -0.120. The van der Waals surface area contributed by atoms with Crippen molar-refractivity contribution in [2.24, 2.45) is 5.73 Å². The summed E-state index contributed by atoms with van der Waals surface area (Å²) in [7, 11) is 0. The van der Waals surface area contributed by atoms with Gasteiger partial charge in [-0.1, -0.05) is 18.2 Å². The summed E-state index contributed by atoms with van der Waals surface area (Å²) in [5.41, 5.74) is 6.82. The number of carbonyl (C=O) groups is 2. The third-order valence-electron chi connectivity index (χ3n) is 2.41. The van der Waals surface area contributed by atoms with Gasteiger partial charge in [0.15, 0.2) is 0 Å². The van der Waals surface area contributed by atoms with Gasteiger partial charge in [-0.25, -0.2) is 0 Å². The second kappa shape index (κ2) is 6.00. The lowest BCUT2D eigenvalue weighted by Crippen LogP contribution is -2.42. The second-order valence-corrected chi connectivity index (χ2v) is 3.87. The fourth-order valence-corrected chi connectivity index (χ4v) is 1.25. The van der Waals surface area contributed by atoms with Crippen LogP contribution in [0.25, 0.3) is 0 Å². The second-order valence-electron chi connectivity index (χ2n) is 3.87. The van der Waals surface area contributed by atoms with Crippen molar-refractivity contribution in [1.29, 1.82) is 0 Å². The topological polar surface area (TPSA) is 84.2 Å². The third kappa shape index (κ3) is 4.24. The van der Waals surface area contributed by atoms with E-state index in [9.17, 15) is 9.59 Å². The quantitative estimate of drug-likeness (QED) is 0.690. The number of primary amides is 1. The molecule has 17 heavy (non-hydrogen) atoms. The molecule has 5 nitrogen and oxygen atoms in total. The molecule has 0 aliphatic rings. The average Bonchev–Trinajstić information content (AvgIpc) is 2.29. The lowest BCUT2D eigenvalue weighted by Gasteiger charge is -2.11. The highest BCUT2D eigenvalue weighted by Crippen LogP contribution is 2.12. The van der Waals surface area contributed by atoms with Crippen molar-refractivity contribution >= 4 is 17.5 Å². The Hall–Kier alpha value is -1.88. The van der Waals surface area contributed by atoms with Crippen LogP contribution in [-0.4, -0.2) is 24.4 Å². The molecule has 1 unspecified atom stereocenters. The molecule has 1 rings (SSSR count). The number of amides is 2. The number of aryl methyl sites for hydroxylation is 1. The summed E-state index contributed by atoms with van der Waals surface area (Å²) in [4.78, 5) is 22.3. The van der Waals surface area contributed by atoms with Gasteiger partial charge in [0.25, 0.3) is 0 Å². The zero-order valence-electron chi connectivity index (χ0n) is 9.99. The van der Waals surface area contributed by atoms with Crippen molar-refractivity contribution in [2.75, 3.05) is 11.9 Å². The number of hydrogen-bond donors (Lipinski definition) is 3. The maximum Gasteiger partial charge on any atom is 0.238 e. The Bertz CT molecular complexity index is 418. The van der Waals surface area contributed by atoms with Crippen LogP contribution in [0.5, 0.6) is 0 Å². The highest BCUT2D eigenvalue weighted by Gasteiger charge is 2.10. The molecule has 1 aromatic rings. The minimum atomic E-state index is -0.516. The molecule has 0 fully saturated rings. The molecule has 4 N–H and O–H groups in total. The molecule has 0 spiro atoms. The van der Waals surface area contributed by atoms with Gasteiger partial charge in [0, 0.05) is 5.69 Å². The first-order chi connectivity index (χ1) is 8.00. The lowest BCUT2D eigenvalue weighted by atomic mass is 10.2. The highest BCUT2D eigenvalue weighted by atomic mass is 16.2. The molecular formula is C12H17N3O2. The molecule has 0 aromatic heterocycles. The maximum atomic E-state index is 11.6. The van der Waals surface area contributed by atoms with E-state index in [-0.39, 0.29) is 12.5 Å². The van der Waals surface area contributed by atoms with Crippen molar-refractivity contribution in [1.82, 2.24) is 5.32 Å².